The van der Waals surface area contributed by atoms with Gasteiger partial charge >= 0.3 is 35.8 Å². The quantitative estimate of drug-likeness (QED) is 0.0170. The molecule has 1 saturated carbocycles. The van der Waals surface area contributed by atoms with Crippen molar-refractivity contribution in [1.82, 2.24) is 0 Å². The average molecular weight is 1290 g/mol. The fraction of sp³-hybridized carbons (Fsp3) is 0.610. The minimum Gasteiger partial charge on any atom is -0.494 e. The lowest BCUT2D eigenvalue weighted by molar-refractivity contribution is -0.150. The molecule has 1 fully saturated rings. The molecule has 0 aliphatic heterocycles. The predicted molar refractivity (Wildman–Crippen MR) is 363 cm³/mol. The highest BCUT2D eigenvalue weighted by molar-refractivity contribution is 5.93. The van der Waals surface area contributed by atoms with Crippen LogP contribution in [0.15, 0.2) is 96.4 Å². The number of carbonyl (C=O) groups is 6. The van der Waals surface area contributed by atoms with Crippen LogP contribution in [0.4, 0.5) is 0 Å². The van der Waals surface area contributed by atoms with E-state index in [1.807, 2.05) is 36.4 Å². The third kappa shape index (κ3) is 38.5. The van der Waals surface area contributed by atoms with E-state index in [0.29, 0.717) is 101 Å². The molecular weight excluding hydrogens is 1180 g/mol. The Bertz CT molecular complexity index is 2680. The summed E-state index contributed by atoms with van der Waals surface area (Å²) >= 11 is 0. The first kappa shape index (κ1) is 78.2. The van der Waals surface area contributed by atoms with Crippen LogP contribution in [0.5, 0.6) is 23.0 Å². The summed E-state index contributed by atoms with van der Waals surface area (Å²) in [6, 6.07) is 21.7. The summed E-state index contributed by atoms with van der Waals surface area (Å²) in [5.41, 5.74) is 9.19. The van der Waals surface area contributed by atoms with E-state index in [9.17, 15) is 28.8 Å². The van der Waals surface area contributed by atoms with Crippen LogP contribution in [-0.2, 0) is 52.4 Å². The number of ether oxygens (including phenoxy) is 10. The largest absolute Gasteiger partial charge is 0.494 e. The number of hydrogen-bond donors (Lipinski definition) is 0. The van der Waals surface area contributed by atoms with Crippen LogP contribution in [0.3, 0.4) is 0 Å². The summed E-state index contributed by atoms with van der Waals surface area (Å²) in [5, 5.41) is 0. The van der Waals surface area contributed by atoms with Gasteiger partial charge in [-0.15, -0.1) is 0 Å². The molecule has 1 aliphatic carbocycles. The van der Waals surface area contributed by atoms with Crippen molar-refractivity contribution in [3.63, 3.8) is 0 Å². The van der Waals surface area contributed by atoms with E-state index in [4.69, 9.17) is 47.4 Å². The highest BCUT2D eigenvalue weighted by Crippen LogP contribution is 2.38. The van der Waals surface area contributed by atoms with Crippen LogP contribution in [0.25, 0.3) is 6.08 Å². The Morgan fingerprint density at radius 2 is 0.839 bits per heavy atom. The van der Waals surface area contributed by atoms with Gasteiger partial charge in [0.2, 0.25) is 0 Å². The summed E-state index contributed by atoms with van der Waals surface area (Å²) in [7, 11) is 0. The molecule has 0 unspecified atom stereocenters. The topological polar surface area (TPSA) is 195 Å². The Balaban J connectivity index is 1.00. The van der Waals surface area contributed by atoms with Crippen LogP contribution in [0, 0.1) is 5.92 Å². The Morgan fingerprint density at radius 1 is 0.441 bits per heavy atom. The first-order valence-electron chi connectivity index (χ1n) is 35.1. The standard InChI is InChI=1S/C77H110O16/c1-5-7-8-9-20-32-64-35-41-67(42-36-64)84-51-21-10-14-25-55-88-73(79)49-50-75(81)91-58-28-17-13-24-54-87-71-46-45-69(61-70(71)77(83)93-60-30-19-18-29-59-92-76(82)62(3)4)86-53-23-12-16-27-57-90-74(80)48-47-72(78)89-56-26-15-11-22-52-85-68-43-39-66(40-44-68)65-37-33-63(31-6-2)34-38-65/h8,32,35-36,39-46,61,63,65H,3,5-7,10-19,21-31,33-34,37-38,47-60H2,1-2,4H3. The lowest BCUT2D eigenvalue weighted by Crippen LogP contribution is -2.13. The molecule has 0 spiro atoms. The summed E-state index contributed by atoms with van der Waals surface area (Å²) in [6.07, 6.45) is 29.9. The normalized spacial score (nSPS) is 13.3. The van der Waals surface area contributed by atoms with Gasteiger partial charge in [0.15, 0.2) is 0 Å². The second kappa shape index (κ2) is 51.2. The smallest absolute Gasteiger partial charge is 0.342 e. The highest BCUT2D eigenvalue weighted by atomic mass is 16.6. The van der Waals surface area contributed by atoms with Crippen molar-refractivity contribution < 1.29 is 76.1 Å². The molecule has 16 heteroatoms. The number of allylic oxidation sites excluding steroid dienone is 1. The van der Waals surface area contributed by atoms with Gasteiger partial charge < -0.3 is 47.4 Å². The van der Waals surface area contributed by atoms with Crippen molar-refractivity contribution in [3.8, 4) is 23.0 Å². The number of benzene rings is 3. The van der Waals surface area contributed by atoms with Crippen molar-refractivity contribution >= 4 is 41.9 Å². The van der Waals surface area contributed by atoms with E-state index >= 15 is 0 Å². The second-order valence-electron chi connectivity index (χ2n) is 24.1. The molecule has 0 atom stereocenters. The molecule has 0 bridgehead atoms. The van der Waals surface area contributed by atoms with Crippen LogP contribution in [0.2, 0.25) is 0 Å². The molecule has 4 rings (SSSR count). The molecular formula is C77H110O16. The number of unbranched alkanes of at least 4 members (excludes halogenated alkanes) is 16. The molecule has 514 valence electrons. The fourth-order valence-corrected chi connectivity index (χ4v) is 10.5. The number of rotatable bonds is 53. The van der Waals surface area contributed by atoms with Crippen LogP contribution in [0.1, 0.15) is 254 Å². The van der Waals surface area contributed by atoms with E-state index in [2.05, 4.69) is 56.2 Å². The van der Waals surface area contributed by atoms with E-state index in [1.165, 1.54) is 44.1 Å². The van der Waals surface area contributed by atoms with Gasteiger partial charge in [-0.1, -0.05) is 75.4 Å². The molecule has 16 nitrogen and oxygen atoms in total. The molecule has 0 aromatic heterocycles. The predicted octanol–water partition coefficient (Wildman–Crippen LogP) is 17.6. The maximum atomic E-state index is 13.4. The van der Waals surface area contributed by atoms with Gasteiger partial charge in [0.05, 0.1) is 91.8 Å². The third-order valence-electron chi connectivity index (χ3n) is 16.0. The molecule has 93 heavy (non-hydrogen) atoms. The lowest BCUT2D eigenvalue weighted by Gasteiger charge is -2.28. The molecule has 0 radical (unpaired) electrons. The minimum absolute atomic E-state index is 0.00687. The average Bonchev–Trinajstić information content (AvgIpc) is 1.72. The molecule has 1 aliphatic rings. The number of hydrogen-bond acceptors (Lipinski definition) is 16. The molecule has 0 amide bonds. The van der Waals surface area contributed by atoms with Gasteiger partial charge in [-0.05, 0) is 245 Å². The third-order valence-corrected chi connectivity index (χ3v) is 16.0. The van der Waals surface area contributed by atoms with Gasteiger partial charge in [0, 0.05) is 5.57 Å². The molecule has 0 saturated heterocycles. The Morgan fingerprint density at radius 3 is 1.28 bits per heavy atom. The van der Waals surface area contributed by atoms with Gasteiger partial charge in [-0.3, -0.25) is 19.2 Å². The lowest BCUT2D eigenvalue weighted by atomic mass is 9.77. The molecule has 0 heterocycles. The summed E-state index contributed by atoms with van der Waals surface area (Å²) in [4.78, 5) is 74.1. The Hall–Kier alpha value is -7.28. The molecule has 3 aromatic rings. The maximum Gasteiger partial charge on any atom is 0.342 e. The highest BCUT2D eigenvalue weighted by Gasteiger charge is 2.22. The van der Waals surface area contributed by atoms with Gasteiger partial charge in [-0.25, -0.2) is 9.59 Å². The van der Waals surface area contributed by atoms with Crippen molar-refractivity contribution in [2.24, 2.45) is 5.92 Å². The SMILES string of the molecule is C=C(C)C(=O)OCCCCCCOC(=O)c1cc(OCCCCCCOC(=O)CCC(=O)OCCCCCCOc2ccc(C3CCC(CCC)CC3)cc2)ccc1OCCCCCCOC(=O)CCC(=O)OCCCCCCOc1ccc(C=C=C=CCCC)cc1. The number of carbonyl (C=O) groups excluding carboxylic acids is 6. The fourth-order valence-electron chi connectivity index (χ4n) is 10.5. The van der Waals surface area contributed by atoms with E-state index in [-0.39, 0.29) is 51.1 Å². The zero-order valence-corrected chi connectivity index (χ0v) is 56.6. The maximum absolute atomic E-state index is 13.4. The van der Waals surface area contributed by atoms with Crippen LogP contribution in [-0.4, -0.2) is 102 Å². The van der Waals surface area contributed by atoms with Crippen LogP contribution >= 0.6 is 0 Å². The van der Waals surface area contributed by atoms with Gasteiger partial charge in [-0.2, -0.15) is 0 Å². The first-order chi connectivity index (χ1) is 45.4. The first-order valence-corrected chi connectivity index (χ1v) is 35.1. The zero-order chi connectivity index (χ0) is 66.6. The van der Waals surface area contributed by atoms with Crippen molar-refractivity contribution in [1.29, 1.82) is 0 Å². The zero-order valence-electron chi connectivity index (χ0n) is 56.6. The Kier molecular flexibility index (Phi) is 43.0. The monoisotopic (exact) mass is 1290 g/mol. The van der Waals surface area contributed by atoms with E-state index in [1.54, 1.807) is 25.1 Å². The van der Waals surface area contributed by atoms with Crippen LogP contribution < -0.4 is 18.9 Å². The number of esters is 6. The van der Waals surface area contributed by atoms with Crippen molar-refractivity contribution in [2.45, 2.75) is 232 Å². The molecule has 3 aromatic carbocycles. The molecule has 0 N–H and O–H groups in total. The van der Waals surface area contributed by atoms with E-state index < -0.39 is 35.8 Å². The second-order valence-corrected chi connectivity index (χ2v) is 24.1. The van der Waals surface area contributed by atoms with E-state index in [0.717, 1.165) is 132 Å². The Labute approximate surface area is 555 Å². The summed E-state index contributed by atoms with van der Waals surface area (Å²) < 4.78 is 56.2. The van der Waals surface area contributed by atoms with Gasteiger partial charge in [0.1, 0.15) is 28.6 Å². The van der Waals surface area contributed by atoms with Gasteiger partial charge in [0.25, 0.3) is 0 Å². The minimum atomic E-state index is -0.522. The van der Waals surface area contributed by atoms with Crippen molar-refractivity contribution in [2.75, 3.05) is 66.1 Å². The summed E-state index contributed by atoms with van der Waals surface area (Å²) in [5.74, 6) is 1.63. The van der Waals surface area contributed by atoms with Crippen molar-refractivity contribution in [3.05, 3.63) is 113 Å². The summed E-state index contributed by atoms with van der Waals surface area (Å²) in [6.45, 7) is 13.3.